The predicted octanol–water partition coefficient (Wildman–Crippen LogP) is 2.97. The van der Waals surface area contributed by atoms with Gasteiger partial charge < -0.3 is 19.7 Å². The Morgan fingerprint density at radius 3 is 2.62 bits per heavy atom. The number of carbonyl (C=O) groups excluding carboxylic acids is 2. The predicted molar refractivity (Wildman–Crippen MR) is 111 cm³/mol. The zero-order valence-corrected chi connectivity index (χ0v) is 18.2. The first-order chi connectivity index (χ1) is 13.6. The zero-order valence-electron chi connectivity index (χ0n) is 18.2. The van der Waals surface area contributed by atoms with Crippen LogP contribution in [0.5, 0.6) is 5.75 Å². The Labute approximate surface area is 172 Å². The molecule has 1 fully saturated rings. The fourth-order valence-corrected chi connectivity index (χ4v) is 3.82. The normalized spacial score (nSPS) is 19.3. The Kier molecular flexibility index (Phi) is 5.93. The maximum Gasteiger partial charge on any atom is 0.411 e. The number of anilines is 1. The molecule has 0 saturated carbocycles. The van der Waals surface area contributed by atoms with Gasteiger partial charge in [0.15, 0.2) is 0 Å². The summed E-state index contributed by atoms with van der Waals surface area (Å²) in [5.41, 5.74) is 2.21. The molecule has 8 nitrogen and oxygen atoms in total. The first kappa shape index (κ1) is 21.2. The van der Waals surface area contributed by atoms with Crippen molar-refractivity contribution >= 4 is 17.8 Å². The molecule has 1 unspecified atom stereocenters. The number of hydrogen-bond acceptors (Lipinski definition) is 5. The number of amides is 3. The van der Waals surface area contributed by atoms with Crippen LogP contribution < -0.4 is 15.0 Å². The largest absolute Gasteiger partial charge is 0.495 e. The lowest BCUT2D eigenvalue weighted by Crippen LogP contribution is -2.46. The average molecular weight is 405 g/mol. The molecule has 0 aromatic heterocycles. The van der Waals surface area contributed by atoms with Crippen molar-refractivity contribution in [1.29, 1.82) is 0 Å². The first-order valence-corrected chi connectivity index (χ1v) is 10.0. The van der Waals surface area contributed by atoms with Gasteiger partial charge in [0.1, 0.15) is 11.4 Å². The van der Waals surface area contributed by atoms with Gasteiger partial charge in [-0.25, -0.2) is 9.59 Å². The number of ether oxygens (including phenoxy) is 2. The number of urea groups is 1. The number of benzene rings is 1. The minimum absolute atomic E-state index is 0.124. The Balaban J connectivity index is 1.98. The van der Waals surface area contributed by atoms with E-state index in [-0.39, 0.29) is 18.2 Å². The Bertz CT molecular complexity index is 788. The second-order valence-electron chi connectivity index (χ2n) is 8.85. The van der Waals surface area contributed by atoms with Crippen LogP contribution in [0.3, 0.4) is 0 Å². The molecule has 1 aromatic rings. The third kappa shape index (κ3) is 4.58. The average Bonchev–Trinajstić information content (AvgIpc) is 2.97. The van der Waals surface area contributed by atoms with E-state index < -0.39 is 5.60 Å². The van der Waals surface area contributed by atoms with E-state index in [1.165, 1.54) is 0 Å². The lowest BCUT2D eigenvalue weighted by atomic mass is 10.0. The molecule has 2 aliphatic heterocycles. The molecule has 0 aliphatic carbocycles. The number of methoxy groups -OCH3 is 1. The number of carbonyl (C=O) groups is 2. The third-order valence-corrected chi connectivity index (χ3v) is 5.05. The van der Waals surface area contributed by atoms with Crippen LogP contribution in [0, 0.1) is 0 Å². The van der Waals surface area contributed by atoms with Gasteiger partial charge in [-0.2, -0.15) is 0 Å². The summed E-state index contributed by atoms with van der Waals surface area (Å²) in [6, 6.07) is 3.67. The number of fused-ring (bicyclic) bond motifs is 1. The van der Waals surface area contributed by atoms with Crippen molar-refractivity contribution in [2.24, 2.45) is 0 Å². The van der Waals surface area contributed by atoms with Gasteiger partial charge in [0.25, 0.3) is 0 Å². The van der Waals surface area contributed by atoms with Gasteiger partial charge in [0.2, 0.25) is 0 Å². The van der Waals surface area contributed by atoms with E-state index in [4.69, 9.17) is 9.47 Å². The molecule has 1 N–H and O–H groups in total. The van der Waals surface area contributed by atoms with Gasteiger partial charge in [-0.15, -0.1) is 0 Å². The van der Waals surface area contributed by atoms with E-state index in [1.54, 1.807) is 16.9 Å². The molecule has 8 heteroatoms. The second-order valence-corrected chi connectivity index (χ2v) is 8.85. The van der Waals surface area contributed by atoms with Crippen LogP contribution in [-0.2, 0) is 11.3 Å². The summed E-state index contributed by atoms with van der Waals surface area (Å²) in [4.78, 5) is 30.8. The molecule has 3 amide bonds. The van der Waals surface area contributed by atoms with Crippen molar-refractivity contribution in [1.82, 2.24) is 15.1 Å². The Morgan fingerprint density at radius 1 is 1.31 bits per heavy atom. The van der Waals surface area contributed by atoms with Gasteiger partial charge in [0, 0.05) is 19.6 Å². The molecule has 2 aliphatic rings. The third-order valence-electron chi connectivity index (χ3n) is 5.05. The van der Waals surface area contributed by atoms with E-state index >= 15 is 0 Å². The number of nitrogens with one attached hydrogen (secondary N) is 1. The van der Waals surface area contributed by atoms with Crippen molar-refractivity contribution in [2.75, 3.05) is 45.7 Å². The SMILES string of the molecule is COc1cc2c(cc1N1CCCNC1=O)CN(C(=O)OC(C)(C)C)C2CN(C)C. The van der Waals surface area contributed by atoms with Gasteiger partial charge in [-0.05, 0) is 64.5 Å². The van der Waals surface area contributed by atoms with E-state index in [0.29, 0.717) is 31.9 Å². The Morgan fingerprint density at radius 2 is 2.03 bits per heavy atom. The summed E-state index contributed by atoms with van der Waals surface area (Å²) in [6.45, 7) is 8.02. The van der Waals surface area contributed by atoms with Crippen LogP contribution >= 0.6 is 0 Å². The number of hydrogen-bond donors (Lipinski definition) is 1. The number of likely N-dealkylation sites (N-methyl/N-ethyl adjacent to an activating group) is 1. The van der Waals surface area contributed by atoms with E-state index in [2.05, 4.69) is 10.2 Å². The van der Waals surface area contributed by atoms with Crippen molar-refractivity contribution in [3.8, 4) is 5.75 Å². The molecule has 1 atom stereocenters. The summed E-state index contributed by atoms with van der Waals surface area (Å²) >= 11 is 0. The topological polar surface area (TPSA) is 74.3 Å². The molecular weight excluding hydrogens is 372 g/mol. The van der Waals surface area contributed by atoms with Crippen LogP contribution in [-0.4, -0.2) is 68.4 Å². The summed E-state index contributed by atoms with van der Waals surface area (Å²) < 4.78 is 11.3. The van der Waals surface area contributed by atoms with E-state index in [0.717, 1.165) is 23.2 Å². The van der Waals surface area contributed by atoms with Gasteiger partial charge in [-0.3, -0.25) is 9.80 Å². The zero-order chi connectivity index (χ0) is 21.3. The molecule has 0 bridgehead atoms. The fraction of sp³-hybridized carbons (Fsp3) is 0.619. The van der Waals surface area contributed by atoms with Crippen molar-refractivity contribution in [3.63, 3.8) is 0 Å². The highest BCUT2D eigenvalue weighted by Gasteiger charge is 2.38. The molecule has 2 heterocycles. The number of rotatable bonds is 4. The van der Waals surface area contributed by atoms with Crippen LogP contribution in [0.4, 0.5) is 15.3 Å². The molecule has 1 saturated heterocycles. The van der Waals surface area contributed by atoms with Crippen molar-refractivity contribution in [3.05, 3.63) is 23.3 Å². The monoisotopic (exact) mass is 404 g/mol. The smallest absolute Gasteiger partial charge is 0.411 e. The summed E-state index contributed by atoms with van der Waals surface area (Å²) in [5.74, 6) is 0.635. The second kappa shape index (κ2) is 8.10. The minimum Gasteiger partial charge on any atom is -0.495 e. The molecule has 3 rings (SSSR count). The van der Waals surface area contributed by atoms with Gasteiger partial charge in [0.05, 0.1) is 25.4 Å². The Hall–Kier alpha value is -2.48. The van der Waals surface area contributed by atoms with Crippen LogP contribution in [0.15, 0.2) is 12.1 Å². The lowest BCUT2D eigenvalue weighted by Gasteiger charge is -2.30. The fourth-order valence-electron chi connectivity index (χ4n) is 3.82. The van der Waals surface area contributed by atoms with E-state index in [1.807, 2.05) is 47.0 Å². The van der Waals surface area contributed by atoms with Gasteiger partial charge >= 0.3 is 12.1 Å². The van der Waals surface area contributed by atoms with Gasteiger partial charge in [-0.1, -0.05) is 0 Å². The highest BCUT2D eigenvalue weighted by Crippen LogP contribution is 2.42. The summed E-state index contributed by atoms with van der Waals surface area (Å²) in [5, 5.41) is 2.88. The molecular formula is C21H32N4O4. The molecule has 1 aromatic carbocycles. The molecule has 0 spiro atoms. The summed E-state index contributed by atoms with van der Waals surface area (Å²) in [7, 11) is 5.57. The quantitative estimate of drug-likeness (QED) is 0.835. The number of nitrogens with zero attached hydrogens (tertiary/aromatic N) is 3. The molecule has 29 heavy (non-hydrogen) atoms. The summed E-state index contributed by atoms with van der Waals surface area (Å²) in [6.07, 6.45) is 0.538. The van der Waals surface area contributed by atoms with Crippen LogP contribution in [0.1, 0.15) is 44.4 Å². The highest BCUT2D eigenvalue weighted by atomic mass is 16.6. The molecule has 0 radical (unpaired) electrons. The molecule has 160 valence electrons. The van der Waals surface area contributed by atoms with Crippen molar-refractivity contribution < 1.29 is 19.1 Å². The standard InChI is InChI=1S/C21H32N4O4/c1-21(2,3)29-20(27)25-12-14-10-16(24-9-7-8-22-19(24)26)18(28-6)11-15(14)17(25)13-23(4)5/h10-11,17H,7-9,12-13H2,1-6H3,(H,22,26). The van der Waals surface area contributed by atoms with Crippen LogP contribution in [0.25, 0.3) is 0 Å². The van der Waals surface area contributed by atoms with Crippen LogP contribution in [0.2, 0.25) is 0 Å². The lowest BCUT2D eigenvalue weighted by molar-refractivity contribution is 0.0150. The first-order valence-electron chi connectivity index (χ1n) is 10.0. The van der Waals surface area contributed by atoms with E-state index in [9.17, 15) is 9.59 Å². The maximum absolute atomic E-state index is 12.9. The maximum atomic E-state index is 12.9. The minimum atomic E-state index is -0.566. The van der Waals surface area contributed by atoms with Crippen molar-refractivity contribution in [2.45, 2.75) is 45.4 Å². The highest BCUT2D eigenvalue weighted by molar-refractivity contribution is 5.94.